The molecule has 0 spiro atoms. The molecule has 1 aliphatic carbocycles. The van der Waals surface area contributed by atoms with E-state index in [0.29, 0.717) is 24.1 Å². The van der Waals surface area contributed by atoms with Gasteiger partial charge in [0.1, 0.15) is 10.6 Å². The van der Waals surface area contributed by atoms with Crippen LogP contribution in [0.5, 0.6) is 0 Å². The second-order valence-electron chi connectivity index (χ2n) is 5.84. The van der Waals surface area contributed by atoms with Crippen LogP contribution in [0.4, 0.5) is 5.00 Å². The molecule has 112 valence electrons. The van der Waals surface area contributed by atoms with E-state index < -0.39 is 0 Å². The molecule has 1 saturated carbocycles. The lowest BCUT2D eigenvalue weighted by atomic mass is 9.80. The standard InChI is InChI=1S/C15H24N2O2S/c1-5-19-15(18)13-11(4)17-20-14(13)16-12-7-6-9(2)8-10(12)3/h9-10,12,16H,5-8H2,1-4H3. The predicted octanol–water partition coefficient (Wildman–Crippen LogP) is 3.86. The van der Waals surface area contributed by atoms with Crippen molar-refractivity contribution in [3.05, 3.63) is 11.3 Å². The van der Waals surface area contributed by atoms with Crippen molar-refractivity contribution in [1.82, 2.24) is 4.37 Å². The van der Waals surface area contributed by atoms with Crippen LogP contribution in [-0.2, 0) is 4.74 Å². The minimum Gasteiger partial charge on any atom is -0.462 e. The summed E-state index contributed by atoms with van der Waals surface area (Å²) in [6.07, 6.45) is 3.64. The molecule has 0 amide bonds. The molecule has 0 aliphatic heterocycles. The van der Waals surface area contributed by atoms with Crippen LogP contribution in [0, 0.1) is 18.8 Å². The summed E-state index contributed by atoms with van der Waals surface area (Å²) in [6, 6.07) is 0.430. The second-order valence-corrected chi connectivity index (χ2v) is 6.61. The molecule has 4 nitrogen and oxygen atoms in total. The van der Waals surface area contributed by atoms with E-state index in [0.717, 1.165) is 23.0 Å². The molecule has 0 saturated heterocycles. The summed E-state index contributed by atoms with van der Waals surface area (Å²) in [4.78, 5) is 12.0. The third kappa shape index (κ3) is 3.32. The van der Waals surface area contributed by atoms with Gasteiger partial charge in [-0.05, 0) is 56.5 Å². The first-order valence-corrected chi connectivity index (χ1v) is 8.20. The van der Waals surface area contributed by atoms with Crippen LogP contribution in [0.2, 0.25) is 0 Å². The first-order valence-electron chi connectivity index (χ1n) is 7.42. The molecular weight excluding hydrogens is 272 g/mol. The molecule has 0 bridgehead atoms. The van der Waals surface area contributed by atoms with Crippen LogP contribution in [0.25, 0.3) is 0 Å². The Hall–Kier alpha value is -1.10. The molecule has 1 heterocycles. The fraction of sp³-hybridized carbons (Fsp3) is 0.733. The zero-order valence-electron chi connectivity index (χ0n) is 12.7. The van der Waals surface area contributed by atoms with Gasteiger partial charge in [0, 0.05) is 6.04 Å². The van der Waals surface area contributed by atoms with Crippen LogP contribution in [0.3, 0.4) is 0 Å². The molecule has 2 rings (SSSR count). The number of rotatable bonds is 4. The Kier molecular flexibility index (Phi) is 5.02. The molecule has 1 fully saturated rings. The largest absolute Gasteiger partial charge is 0.462 e. The number of nitrogens with zero attached hydrogens (tertiary/aromatic N) is 1. The van der Waals surface area contributed by atoms with Crippen molar-refractivity contribution in [1.29, 1.82) is 0 Å². The van der Waals surface area contributed by atoms with Crippen LogP contribution >= 0.6 is 11.5 Å². The highest BCUT2D eigenvalue weighted by molar-refractivity contribution is 7.10. The van der Waals surface area contributed by atoms with Gasteiger partial charge in [0.05, 0.1) is 12.3 Å². The van der Waals surface area contributed by atoms with E-state index in [9.17, 15) is 4.79 Å². The van der Waals surface area contributed by atoms with Gasteiger partial charge in [-0.25, -0.2) is 4.79 Å². The van der Waals surface area contributed by atoms with Crippen LogP contribution < -0.4 is 5.32 Å². The van der Waals surface area contributed by atoms with Crippen LogP contribution in [0.1, 0.15) is 56.1 Å². The quantitative estimate of drug-likeness (QED) is 0.857. The van der Waals surface area contributed by atoms with E-state index in [1.165, 1.54) is 24.4 Å². The monoisotopic (exact) mass is 296 g/mol. The highest BCUT2D eigenvalue weighted by atomic mass is 32.1. The molecule has 3 atom stereocenters. The topological polar surface area (TPSA) is 51.2 Å². The highest BCUT2D eigenvalue weighted by Gasteiger charge is 2.28. The van der Waals surface area contributed by atoms with Gasteiger partial charge in [-0.2, -0.15) is 4.37 Å². The summed E-state index contributed by atoms with van der Waals surface area (Å²) in [5, 5.41) is 4.40. The molecule has 3 unspecified atom stereocenters. The van der Waals surface area contributed by atoms with E-state index in [-0.39, 0.29) is 5.97 Å². The first-order chi connectivity index (χ1) is 9.52. The van der Waals surface area contributed by atoms with Gasteiger partial charge in [0.2, 0.25) is 0 Å². The summed E-state index contributed by atoms with van der Waals surface area (Å²) < 4.78 is 9.43. The van der Waals surface area contributed by atoms with E-state index in [1.807, 2.05) is 13.8 Å². The number of anilines is 1. The Bertz CT molecular complexity index is 472. The minimum atomic E-state index is -0.266. The van der Waals surface area contributed by atoms with Gasteiger partial charge >= 0.3 is 5.97 Å². The summed E-state index contributed by atoms with van der Waals surface area (Å²) in [6.45, 7) is 8.68. The summed E-state index contributed by atoms with van der Waals surface area (Å²) in [5.74, 6) is 1.16. The Labute approximate surface area is 125 Å². The van der Waals surface area contributed by atoms with Crippen molar-refractivity contribution >= 4 is 22.5 Å². The Morgan fingerprint density at radius 1 is 1.45 bits per heavy atom. The number of ether oxygens (including phenoxy) is 1. The third-order valence-electron chi connectivity index (χ3n) is 4.09. The number of esters is 1. The fourth-order valence-corrected chi connectivity index (χ4v) is 3.81. The number of nitrogens with one attached hydrogen (secondary N) is 1. The van der Waals surface area contributed by atoms with Crippen molar-refractivity contribution < 1.29 is 9.53 Å². The van der Waals surface area contributed by atoms with E-state index in [2.05, 4.69) is 23.5 Å². The Morgan fingerprint density at radius 3 is 2.85 bits per heavy atom. The lowest BCUT2D eigenvalue weighted by molar-refractivity contribution is 0.0526. The fourth-order valence-electron chi connectivity index (χ4n) is 2.96. The van der Waals surface area contributed by atoms with E-state index in [1.54, 1.807) is 0 Å². The first kappa shape index (κ1) is 15.3. The van der Waals surface area contributed by atoms with Gasteiger partial charge < -0.3 is 10.1 Å². The maximum absolute atomic E-state index is 12.0. The van der Waals surface area contributed by atoms with Gasteiger partial charge in [-0.15, -0.1) is 0 Å². The zero-order valence-corrected chi connectivity index (χ0v) is 13.5. The number of carbonyl (C=O) groups excluding carboxylic acids is 1. The molecule has 1 aromatic rings. The maximum atomic E-state index is 12.0. The summed E-state index contributed by atoms with van der Waals surface area (Å²) >= 11 is 1.36. The maximum Gasteiger partial charge on any atom is 0.343 e. The minimum absolute atomic E-state index is 0.266. The van der Waals surface area contributed by atoms with Crippen molar-refractivity contribution in [2.24, 2.45) is 11.8 Å². The Morgan fingerprint density at radius 2 is 2.20 bits per heavy atom. The Balaban J connectivity index is 2.11. The molecule has 1 aromatic heterocycles. The van der Waals surface area contributed by atoms with Gasteiger partial charge in [0.25, 0.3) is 0 Å². The molecule has 5 heteroatoms. The zero-order chi connectivity index (χ0) is 14.7. The van der Waals surface area contributed by atoms with Gasteiger partial charge in [-0.3, -0.25) is 0 Å². The van der Waals surface area contributed by atoms with Crippen molar-refractivity contribution in [2.75, 3.05) is 11.9 Å². The molecule has 1 aliphatic rings. The lowest BCUT2D eigenvalue weighted by Crippen LogP contribution is -2.33. The smallest absolute Gasteiger partial charge is 0.343 e. The van der Waals surface area contributed by atoms with Gasteiger partial charge in [0.15, 0.2) is 0 Å². The second kappa shape index (κ2) is 6.57. The van der Waals surface area contributed by atoms with Crippen LogP contribution in [-0.4, -0.2) is 23.0 Å². The van der Waals surface area contributed by atoms with Gasteiger partial charge in [-0.1, -0.05) is 13.8 Å². The predicted molar refractivity (Wildman–Crippen MR) is 82.4 cm³/mol. The highest BCUT2D eigenvalue weighted by Crippen LogP contribution is 2.33. The number of aromatic nitrogens is 1. The molecule has 1 N–H and O–H groups in total. The normalized spacial score (nSPS) is 26.3. The summed E-state index contributed by atoms with van der Waals surface area (Å²) in [7, 11) is 0. The average molecular weight is 296 g/mol. The number of aryl methyl sites for hydroxylation is 1. The van der Waals surface area contributed by atoms with Crippen molar-refractivity contribution in [2.45, 2.75) is 53.0 Å². The molecule has 20 heavy (non-hydrogen) atoms. The average Bonchev–Trinajstić information content (AvgIpc) is 2.74. The van der Waals surface area contributed by atoms with E-state index >= 15 is 0 Å². The number of hydrogen-bond acceptors (Lipinski definition) is 5. The molecule has 0 aromatic carbocycles. The number of hydrogen-bond donors (Lipinski definition) is 1. The van der Waals surface area contributed by atoms with Crippen molar-refractivity contribution in [3.8, 4) is 0 Å². The van der Waals surface area contributed by atoms with Crippen LogP contribution in [0.15, 0.2) is 0 Å². The third-order valence-corrected chi connectivity index (χ3v) is 4.96. The molecular formula is C15H24N2O2S. The number of carbonyl (C=O) groups is 1. The summed E-state index contributed by atoms with van der Waals surface area (Å²) in [5.41, 5.74) is 1.37. The lowest BCUT2D eigenvalue weighted by Gasteiger charge is -2.33. The van der Waals surface area contributed by atoms with E-state index in [4.69, 9.17) is 4.74 Å². The molecule has 0 radical (unpaired) electrons. The van der Waals surface area contributed by atoms with Crippen molar-refractivity contribution in [3.63, 3.8) is 0 Å². The SMILES string of the molecule is CCOC(=O)c1c(C)nsc1NC1CCC(C)CC1C.